The second-order valence-corrected chi connectivity index (χ2v) is 8.14. The van der Waals surface area contributed by atoms with Gasteiger partial charge in [-0.05, 0) is 61.5 Å². The number of rotatable bonds is 7. The van der Waals surface area contributed by atoms with Crippen LogP contribution in [-0.4, -0.2) is 28.6 Å². The summed E-state index contributed by atoms with van der Waals surface area (Å²) < 4.78 is 0. The number of halogens is 1. The van der Waals surface area contributed by atoms with Gasteiger partial charge in [0.05, 0.1) is 22.0 Å². The van der Waals surface area contributed by atoms with Gasteiger partial charge in [0.2, 0.25) is 5.91 Å². The van der Waals surface area contributed by atoms with Crippen LogP contribution in [0.1, 0.15) is 26.3 Å². The summed E-state index contributed by atoms with van der Waals surface area (Å²) in [5.41, 5.74) is 2.60. The zero-order valence-corrected chi connectivity index (χ0v) is 18.1. The third-order valence-corrected chi connectivity index (χ3v) is 5.62. The van der Waals surface area contributed by atoms with Crippen LogP contribution in [0, 0.1) is 6.92 Å². The molecule has 31 heavy (non-hydrogen) atoms. The van der Waals surface area contributed by atoms with E-state index in [9.17, 15) is 14.4 Å². The van der Waals surface area contributed by atoms with Crippen LogP contribution in [0.15, 0.2) is 71.6 Å². The molecule has 0 atom stereocenters. The fraction of sp³-hybridized carbons (Fsp3) is 0.0870. The number of carbonyl (C=O) groups excluding carboxylic acids is 2. The van der Waals surface area contributed by atoms with Crippen molar-refractivity contribution in [1.29, 1.82) is 0 Å². The number of aryl methyl sites for hydroxylation is 1. The highest BCUT2D eigenvalue weighted by molar-refractivity contribution is 8.00. The number of carbonyl (C=O) groups is 3. The lowest BCUT2D eigenvalue weighted by Gasteiger charge is -2.09. The molecule has 3 N–H and O–H groups in total. The topological polar surface area (TPSA) is 95.5 Å². The number of carboxylic acid groups (broad SMARTS) is 1. The fourth-order valence-corrected chi connectivity index (χ4v) is 3.50. The van der Waals surface area contributed by atoms with E-state index < -0.39 is 5.97 Å². The van der Waals surface area contributed by atoms with Gasteiger partial charge in [-0.3, -0.25) is 9.59 Å². The predicted molar refractivity (Wildman–Crippen MR) is 123 cm³/mol. The summed E-state index contributed by atoms with van der Waals surface area (Å²) in [6.45, 7) is 1.96. The molecule has 0 saturated carbocycles. The minimum Gasteiger partial charge on any atom is -0.478 e. The summed E-state index contributed by atoms with van der Waals surface area (Å²) >= 11 is 7.33. The van der Waals surface area contributed by atoms with E-state index >= 15 is 0 Å². The molecule has 0 heterocycles. The standard InChI is InChI=1S/C23H19ClN2O4S/c1-14-2-4-15(5-3-14)22(28)25-17-7-9-18(10-8-17)31-13-21(27)26-20-12-16(23(29)30)6-11-19(20)24/h2-12H,13H2,1H3,(H,25,28)(H,26,27)(H,29,30). The molecule has 0 unspecified atom stereocenters. The first kappa shape index (κ1) is 22.4. The van der Waals surface area contributed by atoms with Gasteiger partial charge in [0.25, 0.3) is 5.91 Å². The molecule has 0 aliphatic heterocycles. The van der Waals surface area contributed by atoms with Crippen molar-refractivity contribution in [3.05, 3.63) is 88.4 Å². The second kappa shape index (κ2) is 10.1. The van der Waals surface area contributed by atoms with E-state index in [0.29, 0.717) is 11.3 Å². The van der Waals surface area contributed by atoms with E-state index in [-0.39, 0.29) is 33.8 Å². The highest BCUT2D eigenvalue weighted by Gasteiger charge is 2.11. The van der Waals surface area contributed by atoms with E-state index in [1.165, 1.54) is 30.0 Å². The smallest absolute Gasteiger partial charge is 0.335 e. The van der Waals surface area contributed by atoms with Gasteiger partial charge in [-0.15, -0.1) is 11.8 Å². The Morgan fingerprint density at radius 1 is 0.903 bits per heavy atom. The first-order valence-corrected chi connectivity index (χ1v) is 10.6. The fourth-order valence-electron chi connectivity index (χ4n) is 2.63. The Balaban J connectivity index is 1.54. The van der Waals surface area contributed by atoms with Crippen molar-refractivity contribution < 1.29 is 19.5 Å². The lowest BCUT2D eigenvalue weighted by Crippen LogP contribution is -2.15. The van der Waals surface area contributed by atoms with E-state index in [4.69, 9.17) is 16.7 Å². The average Bonchev–Trinajstić information content (AvgIpc) is 2.75. The summed E-state index contributed by atoms with van der Waals surface area (Å²) in [4.78, 5) is 36.4. The van der Waals surface area contributed by atoms with Crippen LogP contribution in [0.3, 0.4) is 0 Å². The number of hydrogen-bond donors (Lipinski definition) is 3. The van der Waals surface area contributed by atoms with Gasteiger partial charge in [0.15, 0.2) is 0 Å². The van der Waals surface area contributed by atoms with Crippen molar-refractivity contribution >= 4 is 52.5 Å². The third kappa shape index (κ3) is 6.34. The second-order valence-electron chi connectivity index (χ2n) is 6.68. The summed E-state index contributed by atoms with van der Waals surface area (Å²) in [6.07, 6.45) is 0. The van der Waals surface area contributed by atoms with Crippen molar-refractivity contribution in [2.24, 2.45) is 0 Å². The molecule has 0 bridgehead atoms. The molecular formula is C23H19ClN2O4S. The Labute approximate surface area is 188 Å². The first-order valence-electron chi connectivity index (χ1n) is 9.25. The Kier molecular flexibility index (Phi) is 7.33. The summed E-state index contributed by atoms with van der Waals surface area (Å²) in [6, 6.07) is 18.6. The third-order valence-electron chi connectivity index (χ3n) is 4.28. The maximum atomic E-state index is 12.3. The molecular weight excluding hydrogens is 436 g/mol. The maximum Gasteiger partial charge on any atom is 0.335 e. The molecule has 3 rings (SSSR count). The first-order chi connectivity index (χ1) is 14.8. The van der Waals surface area contributed by atoms with E-state index in [1.807, 2.05) is 19.1 Å². The zero-order chi connectivity index (χ0) is 22.4. The average molecular weight is 455 g/mol. The number of hydrogen-bond acceptors (Lipinski definition) is 4. The van der Waals surface area contributed by atoms with E-state index in [1.54, 1.807) is 36.4 Å². The van der Waals surface area contributed by atoms with Gasteiger partial charge in [-0.2, -0.15) is 0 Å². The van der Waals surface area contributed by atoms with Gasteiger partial charge in [0, 0.05) is 16.1 Å². The van der Waals surface area contributed by atoms with Crippen LogP contribution in [0.5, 0.6) is 0 Å². The zero-order valence-electron chi connectivity index (χ0n) is 16.5. The van der Waals surface area contributed by atoms with Crippen LogP contribution < -0.4 is 10.6 Å². The minimum absolute atomic E-state index is 0.0376. The molecule has 3 aromatic carbocycles. The predicted octanol–water partition coefficient (Wildman–Crippen LogP) is 5.33. The number of benzene rings is 3. The molecule has 158 valence electrons. The molecule has 8 heteroatoms. The molecule has 0 saturated heterocycles. The number of carboxylic acids is 1. The van der Waals surface area contributed by atoms with Crippen LogP contribution in [-0.2, 0) is 4.79 Å². The van der Waals surface area contributed by atoms with Crippen molar-refractivity contribution in [2.45, 2.75) is 11.8 Å². The van der Waals surface area contributed by atoms with E-state index in [0.717, 1.165) is 10.5 Å². The molecule has 0 aliphatic rings. The van der Waals surface area contributed by atoms with Crippen molar-refractivity contribution in [2.75, 3.05) is 16.4 Å². The Morgan fingerprint density at radius 2 is 1.55 bits per heavy atom. The van der Waals surface area contributed by atoms with Gasteiger partial charge in [0.1, 0.15) is 0 Å². The lowest BCUT2D eigenvalue weighted by molar-refractivity contribution is -0.113. The maximum absolute atomic E-state index is 12.3. The van der Waals surface area contributed by atoms with Crippen molar-refractivity contribution in [3.63, 3.8) is 0 Å². The Bertz CT molecular complexity index is 1120. The molecule has 3 aromatic rings. The SMILES string of the molecule is Cc1ccc(C(=O)Nc2ccc(SCC(=O)Nc3cc(C(=O)O)ccc3Cl)cc2)cc1. The molecule has 0 aromatic heterocycles. The van der Waals surface area contributed by atoms with E-state index in [2.05, 4.69) is 10.6 Å². The number of anilines is 2. The molecule has 0 aliphatic carbocycles. The van der Waals surface area contributed by atoms with Crippen molar-refractivity contribution in [1.82, 2.24) is 0 Å². The highest BCUT2D eigenvalue weighted by Crippen LogP contribution is 2.25. The normalized spacial score (nSPS) is 10.4. The van der Waals surface area contributed by atoms with Crippen LogP contribution in [0.25, 0.3) is 0 Å². The molecule has 0 fully saturated rings. The van der Waals surface area contributed by atoms with Gasteiger partial charge in [-0.1, -0.05) is 29.3 Å². The number of thioether (sulfide) groups is 1. The Morgan fingerprint density at radius 3 is 2.19 bits per heavy atom. The Hall–Kier alpha value is -3.29. The number of aromatic carboxylic acids is 1. The number of amides is 2. The molecule has 0 radical (unpaired) electrons. The summed E-state index contributed by atoms with van der Waals surface area (Å²) in [7, 11) is 0. The molecule has 6 nitrogen and oxygen atoms in total. The van der Waals surface area contributed by atoms with Gasteiger partial charge >= 0.3 is 5.97 Å². The van der Waals surface area contributed by atoms with Crippen LogP contribution in [0.2, 0.25) is 5.02 Å². The lowest BCUT2D eigenvalue weighted by atomic mass is 10.1. The monoisotopic (exact) mass is 454 g/mol. The highest BCUT2D eigenvalue weighted by atomic mass is 35.5. The number of nitrogens with one attached hydrogen (secondary N) is 2. The summed E-state index contributed by atoms with van der Waals surface area (Å²) in [5.74, 6) is -1.49. The molecule has 2 amide bonds. The van der Waals surface area contributed by atoms with Crippen molar-refractivity contribution in [3.8, 4) is 0 Å². The minimum atomic E-state index is -1.10. The quantitative estimate of drug-likeness (QED) is 0.419. The van der Waals surface area contributed by atoms with Crippen LogP contribution >= 0.6 is 23.4 Å². The summed E-state index contributed by atoms with van der Waals surface area (Å²) in [5, 5.41) is 14.8. The van der Waals surface area contributed by atoms with Gasteiger partial charge in [-0.25, -0.2) is 4.79 Å². The van der Waals surface area contributed by atoms with Crippen LogP contribution in [0.4, 0.5) is 11.4 Å². The molecule has 0 spiro atoms. The van der Waals surface area contributed by atoms with Gasteiger partial charge < -0.3 is 15.7 Å². The largest absolute Gasteiger partial charge is 0.478 e.